The number of carboxylic acid groups (broad SMARTS) is 1. The van der Waals surface area contributed by atoms with Crippen molar-refractivity contribution >= 4 is 11.9 Å². The van der Waals surface area contributed by atoms with Gasteiger partial charge in [0.05, 0.1) is 0 Å². The summed E-state index contributed by atoms with van der Waals surface area (Å²) >= 11 is 0. The summed E-state index contributed by atoms with van der Waals surface area (Å²) < 4.78 is 0. The molecule has 0 heterocycles. The zero-order valence-corrected chi connectivity index (χ0v) is 8.90. The van der Waals surface area contributed by atoms with Gasteiger partial charge in [-0.2, -0.15) is 0 Å². The predicted octanol–water partition coefficient (Wildman–Crippen LogP) is -0.815. The molecule has 0 aromatic rings. The molecule has 15 heavy (non-hydrogen) atoms. The molecular formula is C9H19N3O3. The SMILES string of the molecule is C=C(C)C(N)=O.NCCC[C@H](N)C(=O)O. The quantitative estimate of drug-likeness (QED) is 0.447. The van der Waals surface area contributed by atoms with Crippen LogP contribution in [0.5, 0.6) is 0 Å². The van der Waals surface area contributed by atoms with Gasteiger partial charge in [-0.1, -0.05) is 6.58 Å². The van der Waals surface area contributed by atoms with Crippen molar-refractivity contribution < 1.29 is 14.7 Å². The molecule has 88 valence electrons. The second kappa shape index (κ2) is 9.17. The van der Waals surface area contributed by atoms with Crippen LogP contribution in [0.2, 0.25) is 0 Å². The molecule has 6 nitrogen and oxygen atoms in total. The normalized spacial score (nSPS) is 10.9. The van der Waals surface area contributed by atoms with Gasteiger partial charge in [0.2, 0.25) is 5.91 Å². The highest BCUT2D eigenvalue weighted by Gasteiger charge is 2.08. The van der Waals surface area contributed by atoms with Gasteiger partial charge >= 0.3 is 5.97 Å². The van der Waals surface area contributed by atoms with E-state index in [9.17, 15) is 9.59 Å². The number of aliphatic carboxylic acids is 1. The van der Waals surface area contributed by atoms with E-state index in [1.165, 1.54) is 0 Å². The molecule has 0 aliphatic heterocycles. The number of nitrogens with two attached hydrogens (primary N) is 3. The van der Waals surface area contributed by atoms with Crippen LogP contribution in [0.4, 0.5) is 0 Å². The van der Waals surface area contributed by atoms with E-state index in [0.29, 0.717) is 25.0 Å². The van der Waals surface area contributed by atoms with Gasteiger partial charge in [-0.15, -0.1) is 0 Å². The van der Waals surface area contributed by atoms with Crippen LogP contribution in [-0.4, -0.2) is 29.6 Å². The van der Waals surface area contributed by atoms with Crippen molar-refractivity contribution in [3.8, 4) is 0 Å². The van der Waals surface area contributed by atoms with Crippen LogP contribution < -0.4 is 17.2 Å². The van der Waals surface area contributed by atoms with Gasteiger partial charge in [-0.05, 0) is 26.3 Å². The smallest absolute Gasteiger partial charge is 0.320 e. The Morgan fingerprint density at radius 3 is 2.07 bits per heavy atom. The number of hydrogen-bond donors (Lipinski definition) is 4. The molecule has 7 N–H and O–H groups in total. The second-order valence-corrected chi connectivity index (χ2v) is 3.02. The van der Waals surface area contributed by atoms with E-state index < -0.39 is 17.9 Å². The van der Waals surface area contributed by atoms with E-state index in [2.05, 4.69) is 6.58 Å². The number of carbonyl (C=O) groups is 2. The van der Waals surface area contributed by atoms with Gasteiger partial charge < -0.3 is 22.3 Å². The second-order valence-electron chi connectivity index (χ2n) is 3.02. The number of rotatable bonds is 5. The molecule has 0 aromatic carbocycles. The molecule has 0 spiro atoms. The molecule has 0 radical (unpaired) electrons. The number of primary amides is 1. The maximum atomic E-state index is 10.0. The third kappa shape index (κ3) is 12.6. The Morgan fingerprint density at radius 2 is 1.87 bits per heavy atom. The van der Waals surface area contributed by atoms with E-state index in [4.69, 9.17) is 22.3 Å². The molecule has 0 rings (SSSR count). The van der Waals surface area contributed by atoms with Gasteiger partial charge in [-0.3, -0.25) is 9.59 Å². The molecule has 0 fully saturated rings. The molecule has 1 atom stereocenters. The lowest BCUT2D eigenvalue weighted by atomic mass is 10.2. The average molecular weight is 217 g/mol. The summed E-state index contributed by atoms with van der Waals surface area (Å²) in [6.07, 6.45) is 1.14. The topological polar surface area (TPSA) is 132 Å². The minimum absolute atomic E-state index is 0.398. The fourth-order valence-electron chi connectivity index (χ4n) is 0.461. The zero-order chi connectivity index (χ0) is 12.4. The Morgan fingerprint density at radius 1 is 1.47 bits per heavy atom. The number of carbonyl (C=O) groups excluding carboxylic acids is 1. The van der Waals surface area contributed by atoms with Crippen LogP contribution in [0.1, 0.15) is 19.8 Å². The molecule has 0 aromatic heterocycles. The van der Waals surface area contributed by atoms with E-state index in [1.54, 1.807) is 6.92 Å². The monoisotopic (exact) mass is 217 g/mol. The Balaban J connectivity index is 0. The highest BCUT2D eigenvalue weighted by molar-refractivity contribution is 5.90. The summed E-state index contributed by atoms with van der Waals surface area (Å²) in [5.74, 6) is -1.39. The third-order valence-electron chi connectivity index (χ3n) is 1.46. The first-order chi connectivity index (χ1) is 6.82. The molecular weight excluding hydrogens is 198 g/mol. The predicted molar refractivity (Wildman–Crippen MR) is 57.9 cm³/mol. The lowest BCUT2D eigenvalue weighted by Crippen LogP contribution is -2.30. The van der Waals surface area contributed by atoms with Crippen LogP contribution in [0.25, 0.3) is 0 Å². The summed E-state index contributed by atoms with van der Waals surface area (Å²) in [7, 11) is 0. The molecule has 0 unspecified atom stereocenters. The van der Waals surface area contributed by atoms with Crippen molar-refractivity contribution in [2.75, 3.05) is 6.54 Å². The first-order valence-corrected chi connectivity index (χ1v) is 4.46. The van der Waals surface area contributed by atoms with Crippen LogP contribution in [0.15, 0.2) is 12.2 Å². The summed E-state index contributed by atoms with van der Waals surface area (Å²) in [6.45, 7) is 5.35. The number of amides is 1. The third-order valence-corrected chi connectivity index (χ3v) is 1.46. The lowest BCUT2D eigenvalue weighted by molar-refractivity contribution is -0.138. The minimum Gasteiger partial charge on any atom is -0.480 e. The summed E-state index contributed by atoms with van der Waals surface area (Å²) in [4.78, 5) is 19.9. The summed E-state index contributed by atoms with van der Waals surface area (Å²) in [5, 5.41) is 8.24. The van der Waals surface area contributed by atoms with Crippen molar-refractivity contribution in [2.24, 2.45) is 17.2 Å². The highest BCUT2D eigenvalue weighted by Crippen LogP contribution is 1.91. The maximum absolute atomic E-state index is 10.0. The standard InChI is InChI=1S/C5H12N2O2.C4H7NO/c6-3-1-2-4(7)5(8)9;1-3(2)4(5)6/h4H,1-3,6-7H2,(H,8,9);1H2,2H3,(H2,5,6)/t4-;/m0./s1. The zero-order valence-electron chi connectivity index (χ0n) is 8.90. The maximum Gasteiger partial charge on any atom is 0.320 e. The van der Waals surface area contributed by atoms with Crippen LogP contribution in [0, 0.1) is 0 Å². The average Bonchev–Trinajstić information content (AvgIpc) is 2.14. The summed E-state index contributed by atoms with van der Waals surface area (Å²) in [6, 6.07) is -0.742. The molecule has 0 aliphatic rings. The van der Waals surface area contributed by atoms with Gasteiger partial charge in [0.25, 0.3) is 0 Å². The van der Waals surface area contributed by atoms with Crippen LogP contribution >= 0.6 is 0 Å². The molecule has 0 saturated carbocycles. The van der Waals surface area contributed by atoms with Gasteiger partial charge in [-0.25, -0.2) is 0 Å². The Hall–Kier alpha value is -1.40. The largest absolute Gasteiger partial charge is 0.480 e. The van der Waals surface area contributed by atoms with E-state index >= 15 is 0 Å². The Labute approximate surface area is 89.1 Å². The van der Waals surface area contributed by atoms with Gasteiger partial charge in [0, 0.05) is 5.57 Å². The fourth-order valence-corrected chi connectivity index (χ4v) is 0.461. The lowest BCUT2D eigenvalue weighted by Gasteiger charge is -2.02. The van der Waals surface area contributed by atoms with Gasteiger partial charge in [0.1, 0.15) is 6.04 Å². The minimum atomic E-state index is -0.955. The number of carboxylic acids is 1. The highest BCUT2D eigenvalue weighted by atomic mass is 16.4. The Kier molecular flexibility index (Phi) is 9.81. The van der Waals surface area contributed by atoms with Crippen LogP contribution in [-0.2, 0) is 9.59 Å². The van der Waals surface area contributed by atoms with E-state index in [-0.39, 0.29) is 0 Å². The van der Waals surface area contributed by atoms with E-state index in [0.717, 1.165) is 0 Å². The molecule has 0 aliphatic carbocycles. The summed E-state index contributed by atoms with van der Waals surface area (Å²) in [5.41, 5.74) is 15.4. The molecule has 1 amide bonds. The van der Waals surface area contributed by atoms with Crippen molar-refractivity contribution in [3.63, 3.8) is 0 Å². The van der Waals surface area contributed by atoms with Crippen molar-refractivity contribution in [2.45, 2.75) is 25.8 Å². The van der Waals surface area contributed by atoms with Gasteiger partial charge in [0.15, 0.2) is 0 Å². The van der Waals surface area contributed by atoms with Crippen molar-refractivity contribution in [1.82, 2.24) is 0 Å². The number of hydrogen-bond acceptors (Lipinski definition) is 4. The van der Waals surface area contributed by atoms with Crippen molar-refractivity contribution in [3.05, 3.63) is 12.2 Å². The van der Waals surface area contributed by atoms with Crippen LogP contribution in [0.3, 0.4) is 0 Å². The molecule has 6 heteroatoms. The fraction of sp³-hybridized carbons (Fsp3) is 0.556. The van der Waals surface area contributed by atoms with Crippen molar-refractivity contribution in [1.29, 1.82) is 0 Å². The first-order valence-electron chi connectivity index (χ1n) is 4.46. The first kappa shape index (κ1) is 16.0. The molecule has 0 saturated heterocycles. The Bertz CT molecular complexity index is 217. The molecule has 0 bridgehead atoms. The van der Waals surface area contributed by atoms with E-state index in [1.807, 2.05) is 0 Å².